The highest BCUT2D eigenvalue weighted by Crippen LogP contribution is 2.32. The molecular formula is C14H20N2O2S. The summed E-state index contributed by atoms with van der Waals surface area (Å²) in [5.41, 5.74) is 0.228. The number of hydrogen-bond donors (Lipinski definition) is 1. The van der Waals surface area contributed by atoms with E-state index in [4.69, 9.17) is 14.1 Å². The molecule has 1 aromatic heterocycles. The number of hydrogen-bond acceptors (Lipinski definition) is 4. The molecule has 1 spiro atoms. The minimum Gasteiger partial charge on any atom is -0.469 e. The van der Waals surface area contributed by atoms with E-state index in [1.165, 1.54) is 0 Å². The summed E-state index contributed by atoms with van der Waals surface area (Å²) >= 11 is 1.84. The van der Waals surface area contributed by atoms with Crippen molar-refractivity contribution in [3.63, 3.8) is 0 Å². The van der Waals surface area contributed by atoms with E-state index < -0.39 is 0 Å². The molecule has 2 fully saturated rings. The number of nitrogens with one attached hydrogen (secondary N) is 1. The van der Waals surface area contributed by atoms with Gasteiger partial charge in [-0.15, -0.1) is 0 Å². The van der Waals surface area contributed by atoms with E-state index in [1.807, 2.05) is 23.9 Å². The van der Waals surface area contributed by atoms with Gasteiger partial charge in [0.1, 0.15) is 5.76 Å². The Morgan fingerprint density at radius 2 is 2.32 bits per heavy atom. The molecular weight excluding hydrogens is 260 g/mol. The molecule has 104 valence electrons. The number of ether oxygens (including phenoxy) is 1. The van der Waals surface area contributed by atoms with Crippen LogP contribution in [-0.4, -0.2) is 35.7 Å². The third-order valence-corrected chi connectivity index (χ3v) is 4.90. The van der Waals surface area contributed by atoms with Crippen molar-refractivity contribution >= 4 is 16.9 Å². The van der Waals surface area contributed by atoms with Crippen LogP contribution in [0, 0.1) is 0 Å². The summed E-state index contributed by atoms with van der Waals surface area (Å²) in [6, 6.07) is 4.18. The Morgan fingerprint density at radius 3 is 3.05 bits per heavy atom. The van der Waals surface area contributed by atoms with E-state index in [0.29, 0.717) is 0 Å². The highest BCUT2D eigenvalue weighted by Gasteiger charge is 2.38. The van der Waals surface area contributed by atoms with Crippen LogP contribution in [0.25, 0.3) is 0 Å². The summed E-state index contributed by atoms with van der Waals surface area (Å²) in [5.74, 6) is 2.11. The zero-order valence-electron chi connectivity index (χ0n) is 11.2. The zero-order chi connectivity index (χ0) is 13.1. The SMILES string of the molecule is CC(Cc1ccco1)N=C1NC2(CCOCC2)CS1. The van der Waals surface area contributed by atoms with Crippen LogP contribution in [0.3, 0.4) is 0 Å². The quantitative estimate of drug-likeness (QED) is 0.924. The fraction of sp³-hybridized carbons (Fsp3) is 0.643. The molecule has 1 atom stereocenters. The van der Waals surface area contributed by atoms with Crippen molar-refractivity contribution in [1.29, 1.82) is 0 Å². The zero-order valence-corrected chi connectivity index (χ0v) is 12.0. The number of nitrogens with zero attached hydrogens (tertiary/aromatic N) is 1. The predicted octanol–water partition coefficient (Wildman–Crippen LogP) is 2.45. The molecule has 0 aromatic carbocycles. The van der Waals surface area contributed by atoms with Gasteiger partial charge in [0.05, 0.1) is 17.8 Å². The lowest BCUT2D eigenvalue weighted by molar-refractivity contribution is 0.0555. The fourth-order valence-corrected chi connectivity index (χ4v) is 3.89. The van der Waals surface area contributed by atoms with E-state index in [9.17, 15) is 0 Å². The maximum Gasteiger partial charge on any atom is 0.157 e. The van der Waals surface area contributed by atoms with Gasteiger partial charge in [-0.3, -0.25) is 4.99 Å². The molecule has 2 aliphatic rings. The van der Waals surface area contributed by atoms with Gasteiger partial charge in [-0.25, -0.2) is 0 Å². The van der Waals surface area contributed by atoms with Crippen LogP contribution >= 0.6 is 11.8 Å². The minimum atomic E-state index is 0.228. The summed E-state index contributed by atoms with van der Waals surface area (Å²) in [6.45, 7) is 3.86. The number of rotatable bonds is 3. The Labute approximate surface area is 118 Å². The average Bonchev–Trinajstić information content (AvgIpc) is 3.02. The number of thioether (sulfide) groups is 1. The molecule has 0 aliphatic carbocycles. The van der Waals surface area contributed by atoms with Crippen molar-refractivity contribution in [3.05, 3.63) is 24.2 Å². The average molecular weight is 280 g/mol. The molecule has 3 rings (SSSR count). The third-order valence-electron chi connectivity index (χ3n) is 3.72. The van der Waals surface area contributed by atoms with E-state index >= 15 is 0 Å². The van der Waals surface area contributed by atoms with Gasteiger partial charge in [0.2, 0.25) is 0 Å². The first-order valence-corrected chi connectivity index (χ1v) is 7.83. The molecule has 0 bridgehead atoms. The molecule has 1 unspecified atom stereocenters. The first-order chi connectivity index (χ1) is 9.26. The highest BCUT2D eigenvalue weighted by molar-refractivity contribution is 8.14. The highest BCUT2D eigenvalue weighted by atomic mass is 32.2. The van der Waals surface area contributed by atoms with Crippen LogP contribution in [0.1, 0.15) is 25.5 Å². The van der Waals surface area contributed by atoms with Crippen LogP contribution in [0.15, 0.2) is 27.8 Å². The van der Waals surface area contributed by atoms with Gasteiger partial charge in [-0.1, -0.05) is 11.8 Å². The molecule has 2 aliphatic heterocycles. The molecule has 2 saturated heterocycles. The van der Waals surface area contributed by atoms with Gasteiger partial charge >= 0.3 is 0 Å². The molecule has 19 heavy (non-hydrogen) atoms. The van der Waals surface area contributed by atoms with Crippen molar-refractivity contribution in [1.82, 2.24) is 5.32 Å². The third kappa shape index (κ3) is 3.15. The van der Waals surface area contributed by atoms with Crippen LogP contribution < -0.4 is 5.32 Å². The second kappa shape index (κ2) is 5.59. The largest absolute Gasteiger partial charge is 0.469 e. The van der Waals surface area contributed by atoms with Crippen molar-refractivity contribution in [3.8, 4) is 0 Å². The Kier molecular flexibility index (Phi) is 3.84. The maximum absolute atomic E-state index is 5.44. The van der Waals surface area contributed by atoms with E-state index in [0.717, 1.165) is 49.2 Å². The van der Waals surface area contributed by atoms with Crippen LogP contribution in [0.2, 0.25) is 0 Å². The van der Waals surface area contributed by atoms with Crippen LogP contribution in [0.4, 0.5) is 0 Å². The second-order valence-electron chi connectivity index (χ2n) is 5.37. The molecule has 1 aromatic rings. The Morgan fingerprint density at radius 1 is 1.47 bits per heavy atom. The molecule has 1 N–H and O–H groups in total. The minimum absolute atomic E-state index is 0.228. The molecule has 3 heterocycles. The van der Waals surface area contributed by atoms with Crippen molar-refractivity contribution in [2.24, 2.45) is 4.99 Å². The standard InChI is InChI=1S/C14H20N2O2S/c1-11(9-12-3-2-6-18-12)15-13-16-14(10-19-13)4-7-17-8-5-14/h2-3,6,11H,4-5,7-10H2,1H3,(H,15,16). The van der Waals surface area contributed by atoms with Gasteiger partial charge in [0.15, 0.2) is 5.17 Å². The fourth-order valence-electron chi connectivity index (χ4n) is 2.57. The summed E-state index contributed by atoms with van der Waals surface area (Å²) in [7, 11) is 0. The summed E-state index contributed by atoms with van der Waals surface area (Å²) in [6.07, 6.45) is 4.75. The molecule has 4 nitrogen and oxygen atoms in total. The normalized spacial score (nSPS) is 25.6. The predicted molar refractivity (Wildman–Crippen MR) is 77.7 cm³/mol. The lowest BCUT2D eigenvalue weighted by Gasteiger charge is -2.32. The van der Waals surface area contributed by atoms with E-state index in [1.54, 1.807) is 6.26 Å². The Bertz CT molecular complexity index is 438. The maximum atomic E-state index is 5.44. The summed E-state index contributed by atoms with van der Waals surface area (Å²) in [5, 5.41) is 4.70. The second-order valence-corrected chi connectivity index (χ2v) is 6.34. The number of furan rings is 1. The lowest BCUT2D eigenvalue weighted by Crippen LogP contribution is -2.48. The van der Waals surface area contributed by atoms with Crippen LogP contribution in [-0.2, 0) is 11.2 Å². The van der Waals surface area contributed by atoms with Crippen molar-refractivity contribution < 1.29 is 9.15 Å². The van der Waals surface area contributed by atoms with Crippen LogP contribution in [0.5, 0.6) is 0 Å². The molecule has 0 amide bonds. The smallest absolute Gasteiger partial charge is 0.157 e. The van der Waals surface area contributed by atoms with Crippen molar-refractivity contribution in [2.45, 2.75) is 37.8 Å². The van der Waals surface area contributed by atoms with Gasteiger partial charge in [0, 0.05) is 25.4 Å². The van der Waals surface area contributed by atoms with Gasteiger partial charge in [0.25, 0.3) is 0 Å². The van der Waals surface area contributed by atoms with Gasteiger partial charge < -0.3 is 14.5 Å². The van der Waals surface area contributed by atoms with Gasteiger partial charge in [-0.05, 0) is 31.9 Å². The van der Waals surface area contributed by atoms with E-state index in [2.05, 4.69) is 12.2 Å². The summed E-state index contributed by atoms with van der Waals surface area (Å²) < 4.78 is 10.8. The number of aliphatic imine (C=N–C) groups is 1. The van der Waals surface area contributed by atoms with E-state index in [-0.39, 0.29) is 11.6 Å². The monoisotopic (exact) mass is 280 g/mol. The Hall–Kier alpha value is -0.940. The Balaban J connectivity index is 1.58. The first kappa shape index (κ1) is 13.1. The molecule has 5 heteroatoms. The van der Waals surface area contributed by atoms with Gasteiger partial charge in [-0.2, -0.15) is 0 Å². The molecule has 0 saturated carbocycles. The number of amidine groups is 1. The first-order valence-electron chi connectivity index (χ1n) is 6.85. The lowest BCUT2D eigenvalue weighted by atomic mass is 9.93. The summed E-state index contributed by atoms with van der Waals surface area (Å²) in [4.78, 5) is 4.77. The molecule has 0 radical (unpaired) electrons. The van der Waals surface area contributed by atoms with Crippen molar-refractivity contribution in [2.75, 3.05) is 19.0 Å². The topological polar surface area (TPSA) is 46.8 Å².